The van der Waals surface area contributed by atoms with Gasteiger partial charge >= 0.3 is 0 Å². The summed E-state index contributed by atoms with van der Waals surface area (Å²) in [6.45, 7) is 0. The van der Waals surface area contributed by atoms with Gasteiger partial charge in [-0.3, -0.25) is 0 Å². The summed E-state index contributed by atoms with van der Waals surface area (Å²) < 4.78 is 40.4. The zero-order valence-electron chi connectivity index (χ0n) is 9.82. The molecule has 0 spiro atoms. The Labute approximate surface area is 121 Å². The number of hydrogen-bond donors (Lipinski definition) is 0. The zero-order valence-corrected chi connectivity index (χ0v) is 13.0. The summed E-state index contributed by atoms with van der Waals surface area (Å²) in [5, 5.41) is 0. The summed E-state index contributed by atoms with van der Waals surface area (Å²) in [6.07, 6.45) is 1.30. The third kappa shape index (κ3) is 3.36. The van der Waals surface area contributed by atoms with Crippen LogP contribution in [-0.2, 0) is 19.8 Å². The molecule has 0 fully saturated rings. The molecule has 0 amide bonds. The summed E-state index contributed by atoms with van der Waals surface area (Å²) in [5.41, 5.74) is 0. The van der Waals surface area contributed by atoms with E-state index < -0.39 is 19.8 Å². The number of sulfonamides is 1. The summed E-state index contributed by atoms with van der Waals surface area (Å²) >= 11 is 6.58. The van der Waals surface area contributed by atoms with E-state index in [2.05, 4.69) is 3.77 Å². The average molecular weight is 336 g/mol. The lowest BCUT2D eigenvalue weighted by molar-refractivity contribution is 0.600. The lowest BCUT2D eigenvalue weighted by Gasteiger charge is -2.03. The second-order valence-electron chi connectivity index (χ2n) is 3.72. The van der Waals surface area contributed by atoms with Gasteiger partial charge in [-0.05, 0) is 24.3 Å². The highest BCUT2D eigenvalue weighted by atomic mass is 35.5. The normalized spacial score (nSPS) is 14.8. The highest BCUT2D eigenvalue weighted by molar-refractivity contribution is 8.03. The fourth-order valence-corrected chi connectivity index (χ4v) is 6.29. The van der Waals surface area contributed by atoms with Crippen LogP contribution in [0, 0.1) is 0 Å². The van der Waals surface area contributed by atoms with Crippen LogP contribution in [0.15, 0.2) is 55.3 Å². The maximum Gasteiger partial charge on any atom is 0.299 e. The maximum atomic E-state index is 12.4. The maximum absolute atomic E-state index is 12.4. The highest BCUT2D eigenvalue weighted by Crippen LogP contribution is 2.28. The summed E-state index contributed by atoms with van der Waals surface area (Å²) in [4.78, 5) is 0.376. The molecule has 0 aliphatic rings. The van der Waals surface area contributed by atoms with E-state index >= 15 is 0 Å². The molecule has 1 heterocycles. The standard InChI is InChI=1S/C11H10ClNO3S3/c1-18(14,9-5-3-2-4-6-9)13-19(15,16)11-8-7-10(12)17-11/h2-8H,1H3/t18-/m0/s1. The molecule has 2 aromatic rings. The summed E-state index contributed by atoms with van der Waals surface area (Å²) in [5.74, 6) is 0. The monoisotopic (exact) mass is 335 g/mol. The van der Waals surface area contributed by atoms with Gasteiger partial charge < -0.3 is 0 Å². The van der Waals surface area contributed by atoms with Crippen molar-refractivity contribution in [1.82, 2.24) is 0 Å². The van der Waals surface area contributed by atoms with Crippen LogP contribution in [0.25, 0.3) is 0 Å². The first-order valence-corrected chi connectivity index (χ1v) is 9.66. The Morgan fingerprint density at radius 3 is 2.21 bits per heavy atom. The van der Waals surface area contributed by atoms with Crippen molar-refractivity contribution in [2.75, 3.05) is 6.26 Å². The largest absolute Gasteiger partial charge is 0.299 e. The fourth-order valence-electron chi connectivity index (χ4n) is 1.38. The number of halogens is 1. The summed E-state index contributed by atoms with van der Waals surface area (Å²) in [6, 6.07) is 11.1. The first kappa shape index (κ1) is 14.5. The molecule has 0 aliphatic carbocycles. The number of hydrogen-bond acceptors (Lipinski definition) is 4. The third-order valence-corrected chi connectivity index (χ3v) is 7.85. The molecule has 19 heavy (non-hydrogen) atoms. The quantitative estimate of drug-likeness (QED) is 0.864. The van der Waals surface area contributed by atoms with E-state index in [-0.39, 0.29) is 4.21 Å². The van der Waals surface area contributed by atoms with Crippen molar-refractivity contribution in [1.29, 1.82) is 0 Å². The van der Waals surface area contributed by atoms with Gasteiger partial charge in [-0.15, -0.1) is 15.1 Å². The van der Waals surface area contributed by atoms with Crippen LogP contribution in [0.4, 0.5) is 0 Å². The number of thiophene rings is 1. The molecule has 1 aromatic carbocycles. The van der Waals surface area contributed by atoms with Crippen molar-refractivity contribution in [2.24, 2.45) is 3.77 Å². The van der Waals surface area contributed by atoms with Gasteiger partial charge in [-0.25, -0.2) is 4.21 Å². The molecule has 4 nitrogen and oxygen atoms in total. The molecule has 0 N–H and O–H groups in total. The second kappa shape index (κ2) is 5.24. The highest BCUT2D eigenvalue weighted by Gasteiger charge is 2.19. The smallest absolute Gasteiger partial charge is 0.244 e. The van der Waals surface area contributed by atoms with Gasteiger partial charge in [0, 0.05) is 11.2 Å². The van der Waals surface area contributed by atoms with Crippen molar-refractivity contribution >= 4 is 42.7 Å². The lowest BCUT2D eigenvalue weighted by Crippen LogP contribution is -2.03. The van der Waals surface area contributed by atoms with E-state index in [1.165, 1.54) is 18.4 Å². The zero-order chi connectivity index (χ0) is 14.1. The van der Waals surface area contributed by atoms with Gasteiger partial charge in [0.05, 0.1) is 14.1 Å². The van der Waals surface area contributed by atoms with Gasteiger partial charge in [0.25, 0.3) is 10.0 Å². The molecule has 2 rings (SSSR count). The number of nitrogens with zero attached hydrogens (tertiary/aromatic N) is 1. The summed E-state index contributed by atoms with van der Waals surface area (Å²) in [7, 11) is -6.97. The van der Waals surface area contributed by atoms with E-state index in [0.29, 0.717) is 9.23 Å². The molecule has 1 atom stereocenters. The molecule has 0 saturated carbocycles. The van der Waals surface area contributed by atoms with Crippen LogP contribution in [-0.4, -0.2) is 18.9 Å². The van der Waals surface area contributed by atoms with Crippen molar-refractivity contribution in [3.8, 4) is 0 Å². The molecule has 8 heteroatoms. The van der Waals surface area contributed by atoms with Crippen molar-refractivity contribution < 1.29 is 12.6 Å². The SMILES string of the molecule is C[S@@](=O)(=NS(=O)(=O)c1ccc(Cl)s1)c1ccccc1. The minimum atomic E-state index is -3.96. The molecule has 0 unspecified atom stereocenters. The number of benzene rings is 1. The Balaban J connectivity index is 2.55. The van der Waals surface area contributed by atoms with E-state index in [9.17, 15) is 12.6 Å². The van der Waals surface area contributed by atoms with Crippen molar-refractivity contribution in [2.45, 2.75) is 9.10 Å². The molecule has 102 valence electrons. The predicted octanol–water partition coefficient (Wildman–Crippen LogP) is 3.25. The van der Waals surface area contributed by atoms with Crippen LogP contribution in [0.1, 0.15) is 0 Å². The predicted molar refractivity (Wildman–Crippen MR) is 77.7 cm³/mol. The van der Waals surface area contributed by atoms with Gasteiger partial charge in [-0.2, -0.15) is 8.42 Å². The molecule has 0 bridgehead atoms. The molecule has 0 radical (unpaired) electrons. The third-order valence-electron chi connectivity index (χ3n) is 2.22. The van der Waals surface area contributed by atoms with Crippen molar-refractivity contribution in [3.05, 3.63) is 46.8 Å². The molecular weight excluding hydrogens is 326 g/mol. The molecule has 0 saturated heterocycles. The Morgan fingerprint density at radius 2 is 1.68 bits per heavy atom. The minimum Gasteiger partial charge on any atom is -0.244 e. The van der Waals surface area contributed by atoms with E-state index in [4.69, 9.17) is 11.6 Å². The Morgan fingerprint density at radius 1 is 1.05 bits per heavy atom. The lowest BCUT2D eigenvalue weighted by atomic mass is 10.4. The van der Waals surface area contributed by atoms with Crippen molar-refractivity contribution in [3.63, 3.8) is 0 Å². The van der Waals surface area contributed by atoms with Gasteiger partial charge in [0.15, 0.2) is 0 Å². The van der Waals surface area contributed by atoms with Crippen LogP contribution in [0.3, 0.4) is 0 Å². The first-order valence-electron chi connectivity index (χ1n) is 5.10. The van der Waals surface area contributed by atoms with Gasteiger partial charge in [-0.1, -0.05) is 29.8 Å². The molecule has 1 aromatic heterocycles. The van der Waals surface area contributed by atoms with Gasteiger partial charge in [0.2, 0.25) is 0 Å². The Hall–Kier alpha value is -0.890. The van der Waals surface area contributed by atoms with E-state index in [0.717, 1.165) is 11.3 Å². The molecular formula is C11H10ClNO3S3. The van der Waals surface area contributed by atoms with Crippen LogP contribution in [0.5, 0.6) is 0 Å². The molecule has 0 aliphatic heterocycles. The second-order valence-corrected chi connectivity index (χ2v) is 9.76. The van der Waals surface area contributed by atoms with E-state index in [1.54, 1.807) is 30.3 Å². The van der Waals surface area contributed by atoms with Crippen LogP contribution < -0.4 is 0 Å². The first-order chi connectivity index (χ1) is 8.81. The minimum absolute atomic E-state index is 0.0111. The topological polar surface area (TPSA) is 63.6 Å². The van der Waals surface area contributed by atoms with Crippen LogP contribution >= 0.6 is 22.9 Å². The number of rotatable bonds is 3. The average Bonchev–Trinajstić information content (AvgIpc) is 2.77. The fraction of sp³-hybridized carbons (Fsp3) is 0.0909. The Kier molecular flexibility index (Phi) is 4.00. The van der Waals surface area contributed by atoms with E-state index in [1.807, 2.05) is 0 Å². The Bertz CT molecular complexity index is 803. The van der Waals surface area contributed by atoms with Crippen LogP contribution in [0.2, 0.25) is 4.34 Å². The van der Waals surface area contributed by atoms with Gasteiger partial charge in [0.1, 0.15) is 4.21 Å².